The molecule has 2 amide bonds. The number of benzene rings is 2. The molecule has 0 bridgehead atoms. The SMILES string of the molecule is CC1CCC(NC(=O)[C@]2(C)Cn3c(nc4ccccc43)C(=O)N2Cc2ccc(OC(C)C)cc2)CC1. The summed E-state index contributed by atoms with van der Waals surface area (Å²) >= 11 is 0. The maximum Gasteiger partial charge on any atom is 0.291 e. The Morgan fingerprint density at radius 1 is 1.11 bits per heavy atom. The van der Waals surface area contributed by atoms with Gasteiger partial charge >= 0.3 is 0 Å². The summed E-state index contributed by atoms with van der Waals surface area (Å²) in [4.78, 5) is 34.1. The molecule has 1 aromatic heterocycles. The fourth-order valence-corrected chi connectivity index (χ4v) is 5.45. The minimum Gasteiger partial charge on any atom is -0.491 e. The summed E-state index contributed by atoms with van der Waals surface area (Å²) < 4.78 is 7.69. The van der Waals surface area contributed by atoms with Gasteiger partial charge < -0.3 is 19.5 Å². The van der Waals surface area contributed by atoms with E-state index in [1.165, 1.54) is 0 Å². The maximum atomic E-state index is 13.9. The van der Waals surface area contributed by atoms with E-state index in [0.717, 1.165) is 48.0 Å². The lowest BCUT2D eigenvalue weighted by Gasteiger charge is -2.44. The molecule has 1 atom stereocenters. The van der Waals surface area contributed by atoms with E-state index in [4.69, 9.17) is 4.74 Å². The number of carbonyl (C=O) groups excluding carboxylic acids is 2. The molecule has 1 aliphatic heterocycles. The minimum atomic E-state index is -1.05. The standard InChI is InChI=1S/C29H36N4O3/c1-19(2)36-23-15-11-21(12-16-23)17-33-27(34)26-31-24-7-5-6-8-25(24)32(26)18-29(33,4)28(35)30-22-13-9-20(3)10-14-22/h5-8,11-12,15-16,19-20,22H,9-10,13-14,17-18H2,1-4H3,(H,30,35)/t20?,22?,29-/m0/s1. The van der Waals surface area contributed by atoms with Crippen molar-refractivity contribution < 1.29 is 14.3 Å². The summed E-state index contributed by atoms with van der Waals surface area (Å²) in [5.74, 6) is 1.54. The highest BCUT2D eigenvalue weighted by molar-refractivity contribution is 6.01. The van der Waals surface area contributed by atoms with Crippen molar-refractivity contribution in [2.24, 2.45) is 5.92 Å². The molecule has 7 nitrogen and oxygen atoms in total. The molecule has 5 rings (SSSR count). The molecule has 2 aliphatic rings. The third-order valence-electron chi connectivity index (χ3n) is 7.63. The Kier molecular flexibility index (Phi) is 6.49. The number of aromatic nitrogens is 2. The van der Waals surface area contributed by atoms with Crippen LogP contribution in [0.5, 0.6) is 5.75 Å². The van der Waals surface area contributed by atoms with Gasteiger partial charge in [0.1, 0.15) is 11.3 Å². The van der Waals surface area contributed by atoms with E-state index >= 15 is 0 Å². The average Bonchev–Trinajstić information content (AvgIpc) is 3.22. The van der Waals surface area contributed by atoms with Crippen LogP contribution in [0.2, 0.25) is 0 Å². The first kappa shape index (κ1) is 24.3. The zero-order chi connectivity index (χ0) is 25.4. The van der Waals surface area contributed by atoms with Crippen LogP contribution in [-0.2, 0) is 17.9 Å². The lowest BCUT2D eigenvalue weighted by Crippen LogP contribution is -2.64. The first-order valence-electron chi connectivity index (χ1n) is 13.1. The van der Waals surface area contributed by atoms with Gasteiger partial charge in [-0.2, -0.15) is 0 Å². The van der Waals surface area contributed by atoms with E-state index in [0.29, 0.717) is 24.8 Å². The highest BCUT2D eigenvalue weighted by atomic mass is 16.5. The number of fused-ring (bicyclic) bond motifs is 3. The molecule has 0 saturated heterocycles. The van der Waals surface area contributed by atoms with Crippen LogP contribution in [0.15, 0.2) is 48.5 Å². The number of amides is 2. The van der Waals surface area contributed by atoms with Crippen molar-refractivity contribution in [1.29, 1.82) is 0 Å². The van der Waals surface area contributed by atoms with Crippen LogP contribution in [-0.4, -0.2) is 44.0 Å². The molecular formula is C29H36N4O3. The van der Waals surface area contributed by atoms with Crippen molar-refractivity contribution in [3.63, 3.8) is 0 Å². The Labute approximate surface area is 212 Å². The maximum absolute atomic E-state index is 13.9. The van der Waals surface area contributed by atoms with Gasteiger partial charge in [0.2, 0.25) is 5.91 Å². The van der Waals surface area contributed by atoms with E-state index in [1.807, 2.05) is 73.9 Å². The number of rotatable bonds is 6. The largest absolute Gasteiger partial charge is 0.491 e. The van der Waals surface area contributed by atoms with Crippen LogP contribution in [0.1, 0.15) is 69.6 Å². The first-order chi connectivity index (χ1) is 17.2. The molecule has 0 radical (unpaired) electrons. The quantitative estimate of drug-likeness (QED) is 0.534. The lowest BCUT2D eigenvalue weighted by atomic mass is 9.86. The van der Waals surface area contributed by atoms with Crippen LogP contribution in [0.3, 0.4) is 0 Å². The summed E-state index contributed by atoms with van der Waals surface area (Å²) in [5.41, 5.74) is 1.53. The van der Waals surface area contributed by atoms with Crippen molar-refractivity contribution in [3.05, 3.63) is 59.9 Å². The zero-order valence-electron chi connectivity index (χ0n) is 21.7. The van der Waals surface area contributed by atoms with Gasteiger partial charge in [0.15, 0.2) is 5.82 Å². The third-order valence-corrected chi connectivity index (χ3v) is 7.63. The smallest absolute Gasteiger partial charge is 0.291 e. The van der Waals surface area contributed by atoms with Crippen LogP contribution in [0.25, 0.3) is 11.0 Å². The number of ether oxygens (including phenoxy) is 1. The lowest BCUT2D eigenvalue weighted by molar-refractivity contribution is -0.134. The minimum absolute atomic E-state index is 0.0854. The fraction of sp³-hybridized carbons (Fsp3) is 0.483. The summed E-state index contributed by atoms with van der Waals surface area (Å²) in [5, 5.41) is 3.30. The van der Waals surface area contributed by atoms with Gasteiger partial charge in [-0.25, -0.2) is 4.98 Å². The zero-order valence-corrected chi connectivity index (χ0v) is 21.7. The molecule has 2 heterocycles. The molecule has 3 aromatic rings. The Morgan fingerprint density at radius 2 is 1.81 bits per heavy atom. The monoisotopic (exact) mass is 488 g/mol. The Balaban J connectivity index is 1.48. The van der Waals surface area contributed by atoms with E-state index in [1.54, 1.807) is 4.90 Å². The second-order valence-electron chi connectivity index (χ2n) is 10.9. The van der Waals surface area contributed by atoms with Gasteiger partial charge in [-0.05, 0) is 82.2 Å². The van der Waals surface area contributed by atoms with Crippen LogP contribution < -0.4 is 10.1 Å². The summed E-state index contributed by atoms with van der Waals surface area (Å²) in [6.45, 7) is 8.81. The number of carbonyl (C=O) groups is 2. The highest BCUT2D eigenvalue weighted by Crippen LogP contribution is 2.33. The predicted octanol–water partition coefficient (Wildman–Crippen LogP) is 4.93. The normalized spacial score (nSPS) is 24.1. The van der Waals surface area contributed by atoms with Crippen molar-refractivity contribution in [2.75, 3.05) is 0 Å². The summed E-state index contributed by atoms with van der Waals surface area (Å²) in [6.07, 6.45) is 4.28. The second-order valence-corrected chi connectivity index (χ2v) is 10.9. The summed E-state index contributed by atoms with van der Waals surface area (Å²) in [7, 11) is 0. The van der Waals surface area contributed by atoms with Crippen LogP contribution in [0.4, 0.5) is 0 Å². The van der Waals surface area contributed by atoms with E-state index in [9.17, 15) is 9.59 Å². The van der Waals surface area contributed by atoms with Gasteiger partial charge in [-0.3, -0.25) is 9.59 Å². The number of hydrogen-bond acceptors (Lipinski definition) is 4. The number of nitrogens with zero attached hydrogens (tertiary/aromatic N) is 3. The van der Waals surface area contributed by atoms with Gasteiger partial charge in [0.25, 0.3) is 5.91 Å². The van der Waals surface area contributed by atoms with Crippen molar-refractivity contribution in [2.45, 2.75) is 84.2 Å². The molecule has 1 saturated carbocycles. The molecule has 1 aliphatic carbocycles. The third kappa shape index (κ3) is 4.59. The average molecular weight is 489 g/mol. The molecule has 190 valence electrons. The van der Waals surface area contributed by atoms with Gasteiger partial charge in [0.05, 0.1) is 23.7 Å². The highest BCUT2D eigenvalue weighted by Gasteiger charge is 2.48. The molecule has 36 heavy (non-hydrogen) atoms. The Bertz CT molecular complexity index is 1260. The molecule has 7 heteroatoms. The van der Waals surface area contributed by atoms with Crippen molar-refractivity contribution in [1.82, 2.24) is 19.8 Å². The van der Waals surface area contributed by atoms with Gasteiger partial charge in [-0.1, -0.05) is 31.2 Å². The van der Waals surface area contributed by atoms with Crippen LogP contribution in [0, 0.1) is 5.92 Å². The summed E-state index contributed by atoms with van der Waals surface area (Å²) in [6, 6.07) is 15.6. The predicted molar refractivity (Wildman–Crippen MR) is 140 cm³/mol. The van der Waals surface area contributed by atoms with Crippen molar-refractivity contribution >= 4 is 22.8 Å². The van der Waals surface area contributed by atoms with Gasteiger partial charge in [0, 0.05) is 12.6 Å². The first-order valence-corrected chi connectivity index (χ1v) is 13.1. The second kappa shape index (κ2) is 9.60. The number of nitrogens with one attached hydrogen (secondary N) is 1. The molecule has 0 unspecified atom stereocenters. The molecule has 1 N–H and O–H groups in total. The number of imidazole rings is 1. The van der Waals surface area contributed by atoms with E-state index < -0.39 is 5.54 Å². The van der Waals surface area contributed by atoms with Crippen LogP contribution >= 0.6 is 0 Å². The van der Waals surface area contributed by atoms with Gasteiger partial charge in [-0.15, -0.1) is 0 Å². The van der Waals surface area contributed by atoms with Crippen molar-refractivity contribution in [3.8, 4) is 5.75 Å². The van der Waals surface area contributed by atoms with E-state index in [2.05, 4.69) is 17.2 Å². The molecule has 0 spiro atoms. The Morgan fingerprint density at radius 3 is 2.50 bits per heavy atom. The fourth-order valence-electron chi connectivity index (χ4n) is 5.45. The topological polar surface area (TPSA) is 76.5 Å². The molecular weight excluding hydrogens is 452 g/mol. The Hall–Kier alpha value is -3.35. The number of hydrogen-bond donors (Lipinski definition) is 1. The molecule has 1 fully saturated rings. The molecule has 2 aromatic carbocycles. The van der Waals surface area contributed by atoms with E-state index in [-0.39, 0.29) is 24.0 Å². The number of para-hydroxylation sites is 2.